The number of benzene rings is 1. The van der Waals surface area contributed by atoms with E-state index < -0.39 is 0 Å². The molecule has 0 N–H and O–H groups in total. The van der Waals surface area contributed by atoms with E-state index in [0.29, 0.717) is 15.6 Å². The minimum atomic E-state index is -0.0513. The van der Waals surface area contributed by atoms with Gasteiger partial charge in [-0.3, -0.25) is 0 Å². The monoisotopic (exact) mass is 455 g/mol. The van der Waals surface area contributed by atoms with Gasteiger partial charge in [0, 0.05) is 4.91 Å². The first-order valence-electron chi connectivity index (χ1n) is 7.15. The molecule has 9 heteroatoms. The van der Waals surface area contributed by atoms with E-state index in [9.17, 15) is 0 Å². The number of pyridine rings is 1. The number of thioether (sulfide) groups is 1. The third kappa shape index (κ3) is 5.32. The van der Waals surface area contributed by atoms with Gasteiger partial charge in [-0.25, -0.2) is 4.98 Å². The molecule has 0 amide bonds. The van der Waals surface area contributed by atoms with E-state index in [1.54, 1.807) is 37.5 Å². The molecule has 0 fully saturated rings. The van der Waals surface area contributed by atoms with Crippen LogP contribution >= 0.6 is 58.2 Å². The summed E-state index contributed by atoms with van der Waals surface area (Å²) in [5.41, 5.74) is 0.730. The van der Waals surface area contributed by atoms with Crippen LogP contribution in [0.2, 0.25) is 20.4 Å². The Kier molecular flexibility index (Phi) is 7.86. The second-order valence-electron chi connectivity index (χ2n) is 4.82. The van der Waals surface area contributed by atoms with Gasteiger partial charge < -0.3 is 4.74 Å². The second-order valence-corrected chi connectivity index (χ2v) is 7.34. The van der Waals surface area contributed by atoms with Crippen molar-refractivity contribution >= 4 is 63.1 Å². The van der Waals surface area contributed by atoms with Gasteiger partial charge in [-0.1, -0.05) is 70.3 Å². The van der Waals surface area contributed by atoms with Gasteiger partial charge in [-0.05, 0) is 29.8 Å². The maximum Gasteiger partial charge on any atom is 0.150 e. The summed E-state index contributed by atoms with van der Waals surface area (Å²) in [7, 11) is 1.57. The van der Waals surface area contributed by atoms with Gasteiger partial charge in [0.1, 0.15) is 23.5 Å². The first-order chi connectivity index (χ1) is 12.9. The molecule has 0 aliphatic heterocycles. The molecule has 0 saturated heterocycles. The van der Waals surface area contributed by atoms with Crippen molar-refractivity contribution in [3.05, 3.63) is 67.9 Å². The SMILES string of the molecule is COc1ccc(C(=CC=C(C#N)C#N)Sc2c(Cl)c(Cl)nc(Cl)c2Cl)cc1. The van der Waals surface area contributed by atoms with Crippen LogP contribution < -0.4 is 4.74 Å². The number of rotatable bonds is 5. The molecule has 1 aromatic heterocycles. The lowest BCUT2D eigenvalue weighted by Gasteiger charge is -2.12. The van der Waals surface area contributed by atoms with Crippen molar-refractivity contribution in [3.63, 3.8) is 0 Å². The van der Waals surface area contributed by atoms with E-state index in [1.165, 1.54) is 17.8 Å². The van der Waals surface area contributed by atoms with Crippen LogP contribution in [0.5, 0.6) is 5.75 Å². The standard InChI is InChI=1S/C18H9Cl4N3OS/c1-26-12-5-3-11(4-6-12)13(7-2-10(8-23)9-24)27-16-14(19)17(21)25-18(22)15(16)20/h2-7H,1H3. The van der Waals surface area contributed by atoms with Crippen LogP contribution in [0.3, 0.4) is 0 Å². The lowest BCUT2D eigenvalue weighted by atomic mass is 10.2. The molecule has 136 valence electrons. The number of hydrogen-bond acceptors (Lipinski definition) is 5. The molecule has 1 aromatic carbocycles. The summed E-state index contributed by atoms with van der Waals surface area (Å²) in [6.07, 6.45) is 3.02. The van der Waals surface area contributed by atoms with E-state index in [-0.39, 0.29) is 25.9 Å². The fourth-order valence-electron chi connectivity index (χ4n) is 1.87. The summed E-state index contributed by atoms with van der Waals surface area (Å²) < 4.78 is 5.16. The van der Waals surface area contributed by atoms with Crippen LogP contribution in [-0.2, 0) is 0 Å². The number of nitrogens with zero attached hydrogens (tertiary/aromatic N) is 3. The highest BCUT2D eigenvalue weighted by Crippen LogP contribution is 2.46. The quantitative estimate of drug-likeness (QED) is 0.214. The Morgan fingerprint density at radius 1 is 1.00 bits per heavy atom. The van der Waals surface area contributed by atoms with Crippen LogP contribution in [0.1, 0.15) is 5.56 Å². The highest BCUT2D eigenvalue weighted by atomic mass is 35.5. The topological polar surface area (TPSA) is 69.7 Å². The molecular weight excluding hydrogens is 448 g/mol. The van der Waals surface area contributed by atoms with Crippen molar-refractivity contribution < 1.29 is 4.74 Å². The van der Waals surface area contributed by atoms with E-state index in [1.807, 2.05) is 12.1 Å². The molecule has 0 bridgehead atoms. The lowest BCUT2D eigenvalue weighted by molar-refractivity contribution is 0.415. The van der Waals surface area contributed by atoms with Crippen molar-refractivity contribution in [2.75, 3.05) is 7.11 Å². The van der Waals surface area contributed by atoms with Gasteiger partial charge >= 0.3 is 0 Å². The lowest BCUT2D eigenvalue weighted by Crippen LogP contribution is -1.89. The molecular formula is C18H9Cl4N3OS. The van der Waals surface area contributed by atoms with Crippen molar-refractivity contribution in [1.82, 2.24) is 4.98 Å². The summed E-state index contributed by atoms with van der Waals surface area (Å²) in [6, 6.07) is 10.8. The van der Waals surface area contributed by atoms with Crippen LogP contribution in [0, 0.1) is 22.7 Å². The Morgan fingerprint density at radius 3 is 2.04 bits per heavy atom. The third-order valence-electron chi connectivity index (χ3n) is 3.19. The Bertz CT molecular complexity index is 963. The molecule has 0 unspecified atom stereocenters. The smallest absolute Gasteiger partial charge is 0.150 e. The fourth-order valence-corrected chi connectivity index (χ4v) is 3.92. The van der Waals surface area contributed by atoms with Gasteiger partial charge in [-0.15, -0.1) is 0 Å². The normalized spacial score (nSPS) is 10.7. The van der Waals surface area contributed by atoms with Gasteiger partial charge in [0.15, 0.2) is 10.3 Å². The molecule has 1 heterocycles. The van der Waals surface area contributed by atoms with Gasteiger partial charge in [-0.2, -0.15) is 10.5 Å². The Morgan fingerprint density at radius 2 is 1.56 bits per heavy atom. The van der Waals surface area contributed by atoms with E-state index in [4.69, 9.17) is 61.7 Å². The Hall–Kier alpha value is -1.86. The van der Waals surface area contributed by atoms with E-state index in [2.05, 4.69) is 4.98 Å². The molecule has 0 saturated carbocycles. The molecule has 0 atom stereocenters. The summed E-state index contributed by atoms with van der Waals surface area (Å²) in [6.45, 7) is 0. The summed E-state index contributed by atoms with van der Waals surface area (Å²) in [5, 5.41) is 18.2. The number of hydrogen-bond donors (Lipinski definition) is 0. The number of methoxy groups -OCH3 is 1. The predicted molar refractivity (Wildman–Crippen MR) is 110 cm³/mol. The Labute approximate surface area is 180 Å². The summed E-state index contributed by atoms with van der Waals surface area (Å²) in [4.78, 5) is 4.92. The zero-order valence-corrected chi connectivity index (χ0v) is 17.5. The molecule has 0 spiro atoms. The summed E-state index contributed by atoms with van der Waals surface area (Å²) in [5.74, 6) is 0.680. The highest BCUT2D eigenvalue weighted by Gasteiger charge is 2.18. The number of ether oxygens (including phenoxy) is 1. The molecule has 4 nitrogen and oxygen atoms in total. The van der Waals surface area contributed by atoms with Crippen LogP contribution in [0.25, 0.3) is 4.91 Å². The average Bonchev–Trinajstić information content (AvgIpc) is 2.69. The highest BCUT2D eigenvalue weighted by molar-refractivity contribution is 8.08. The molecule has 27 heavy (non-hydrogen) atoms. The molecule has 2 aromatic rings. The van der Waals surface area contributed by atoms with E-state index >= 15 is 0 Å². The van der Waals surface area contributed by atoms with Gasteiger partial charge in [0.25, 0.3) is 0 Å². The van der Waals surface area contributed by atoms with Crippen molar-refractivity contribution in [3.8, 4) is 17.9 Å². The average molecular weight is 457 g/mol. The van der Waals surface area contributed by atoms with Crippen LogP contribution in [0.4, 0.5) is 0 Å². The Balaban J connectivity index is 2.58. The van der Waals surface area contributed by atoms with Gasteiger partial charge in [0.05, 0.1) is 22.1 Å². The van der Waals surface area contributed by atoms with Crippen molar-refractivity contribution in [2.24, 2.45) is 0 Å². The maximum absolute atomic E-state index is 8.95. The second kappa shape index (κ2) is 9.90. The third-order valence-corrected chi connectivity index (χ3v) is 6.09. The minimum absolute atomic E-state index is 0.0212. The molecule has 2 rings (SSSR count). The maximum atomic E-state index is 8.95. The molecule has 0 radical (unpaired) electrons. The van der Waals surface area contributed by atoms with Crippen molar-refractivity contribution in [2.45, 2.75) is 4.90 Å². The number of allylic oxidation sites excluding steroid dienone is 3. The zero-order valence-electron chi connectivity index (χ0n) is 13.6. The first kappa shape index (κ1) is 21.4. The number of nitriles is 2. The van der Waals surface area contributed by atoms with Crippen LogP contribution in [0.15, 0.2) is 46.9 Å². The van der Waals surface area contributed by atoms with Gasteiger partial charge in [0.2, 0.25) is 0 Å². The fraction of sp³-hybridized carbons (Fsp3) is 0.0556. The predicted octanol–water partition coefficient (Wildman–Crippen LogP) is 6.81. The minimum Gasteiger partial charge on any atom is -0.497 e. The first-order valence-corrected chi connectivity index (χ1v) is 9.48. The molecule has 0 aliphatic carbocycles. The number of aromatic nitrogens is 1. The summed E-state index contributed by atoms with van der Waals surface area (Å²) >= 11 is 25.7. The van der Waals surface area contributed by atoms with Crippen LogP contribution in [-0.4, -0.2) is 12.1 Å². The zero-order chi connectivity index (χ0) is 20.0. The largest absolute Gasteiger partial charge is 0.497 e. The molecule has 0 aliphatic rings. The van der Waals surface area contributed by atoms with Crippen molar-refractivity contribution in [1.29, 1.82) is 10.5 Å². The number of halogens is 4. The van der Waals surface area contributed by atoms with E-state index in [0.717, 1.165) is 5.56 Å².